The van der Waals surface area contributed by atoms with Gasteiger partial charge < -0.3 is 20.8 Å². The molecule has 170 valence electrons. The van der Waals surface area contributed by atoms with Crippen molar-refractivity contribution in [3.8, 4) is 11.5 Å². The fourth-order valence-corrected chi connectivity index (χ4v) is 5.11. The Morgan fingerprint density at radius 2 is 1.70 bits per heavy atom. The average Bonchev–Trinajstić information content (AvgIpc) is 2.95. The summed E-state index contributed by atoms with van der Waals surface area (Å²) in [6, 6.07) is 9.57. The molecule has 1 heterocycles. The highest BCUT2D eigenvalue weighted by Gasteiger charge is 2.27. The van der Waals surface area contributed by atoms with E-state index in [1.54, 1.807) is 18.2 Å². The Balaban J connectivity index is 1.68. The zero-order valence-electron chi connectivity index (χ0n) is 17.5. The number of nitro benzene ring substituents is 1. The van der Waals surface area contributed by atoms with Gasteiger partial charge in [-0.15, -0.1) is 11.3 Å². The quantitative estimate of drug-likeness (QED) is 0.183. The van der Waals surface area contributed by atoms with Crippen LogP contribution in [0.1, 0.15) is 50.4 Å². The average molecular weight is 468 g/mol. The number of phenolic OH excluding ortho intramolecular Hbond substituents is 2. The van der Waals surface area contributed by atoms with E-state index in [-0.39, 0.29) is 22.7 Å². The molecule has 0 fully saturated rings. The van der Waals surface area contributed by atoms with Gasteiger partial charge in [-0.2, -0.15) is 0 Å². The Kier molecular flexibility index (Phi) is 6.27. The maximum absolute atomic E-state index is 13.2. The zero-order chi connectivity index (χ0) is 23.5. The largest absolute Gasteiger partial charge is 0.507 e. The third-order valence-corrected chi connectivity index (χ3v) is 6.67. The number of rotatable bonds is 5. The number of nitrogens with zero attached hydrogens (tertiary/aromatic N) is 1. The highest BCUT2D eigenvalue weighted by molar-refractivity contribution is 7.17. The molecule has 2 aromatic carbocycles. The van der Waals surface area contributed by atoms with Gasteiger partial charge in [0.2, 0.25) is 0 Å². The minimum Gasteiger partial charge on any atom is -0.507 e. The molecular formula is C23H21N3O6S. The predicted octanol–water partition coefficient (Wildman–Crippen LogP) is 4.84. The molecule has 1 aliphatic rings. The van der Waals surface area contributed by atoms with Gasteiger partial charge in [-0.3, -0.25) is 19.7 Å². The van der Waals surface area contributed by atoms with Crippen molar-refractivity contribution in [1.29, 1.82) is 0 Å². The van der Waals surface area contributed by atoms with Crippen LogP contribution in [0.15, 0.2) is 42.5 Å². The molecule has 0 saturated heterocycles. The molecular weight excluding hydrogens is 446 g/mol. The number of nitro groups is 1. The van der Waals surface area contributed by atoms with Crippen LogP contribution < -0.4 is 10.6 Å². The number of fused-ring (bicyclic) bond motifs is 1. The summed E-state index contributed by atoms with van der Waals surface area (Å²) < 4.78 is 0. The summed E-state index contributed by atoms with van der Waals surface area (Å²) in [6.45, 7) is 0. The lowest BCUT2D eigenvalue weighted by Gasteiger charge is -2.11. The second-order valence-electron chi connectivity index (χ2n) is 7.65. The second kappa shape index (κ2) is 9.29. The summed E-state index contributed by atoms with van der Waals surface area (Å²) in [5, 5.41) is 36.8. The van der Waals surface area contributed by atoms with E-state index in [0.29, 0.717) is 17.0 Å². The van der Waals surface area contributed by atoms with Crippen LogP contribution in [-0.2, 0) is 12.8 Å². The third-order valence-electron chi connectivity index (χ3n) is 5.46. The van der Waals surface area contributed by atoms with E-state index in [1.807, 2.05) is 0 Å². The number of phenols is 2. The summed E-state index contributed by atoms with van der Waals surface area (Å²) >= 11 is 1.31. The minimum absolute atomic E-state index is 0.0754. The molecule has 10 heteroatoms. The lowest BCUT2D eigenvalue weighted by molar-refractivity contribution is -0.384. The number of non-ortho nitro benzene ring substituents is 1. The Bertz CT molecular complexity index is 1250. The molecule has 9 nitrogen and oxygen atoms in total. The number of hydrogen-bond acceptors (Lipinski definition) is 7. The molecule has 2 amide bonds. The highest BCUT2D eigenvalue weighted by atomic mass is 32.1. The molecule has 4 rings (SSSR count). The molecule has 33 heavy (non-hydrogen) atoms. The SMILES string of the molecule is O=C(Nc1sc2c(c1C(=O)Nc1ccccc1O)CCCCC2)c1ccc([N+](=O)[O-])cc1O. The van der Waals surface area contributed by atoms with Gasteiger partial charge >= 0.3 is 0 Å². The summed E-state index contributed by atoms with van der Waals surface area (Å²) in [7, 11) is 0. The molecule has 0 spiro atoms. The van der Waals surface area contributed by atoms with Gasteiger partial charge in [0.25, 0.3) is 17.5 Å². The summed E-state index contributed by atoms with van der Waals surface area (Å²) in [5.74, 6) is -1.75. The Hall–Kier alpha value is -3.92. The van der Waals surface area contributed by atoms with Crippen molar-refractivity contribution in [1.82, 2.24) is 0 Å². The molecule has 0 unspecified atom stereocenters. The first-order valence-electron chi connectivity index (χ1n) is 10.4. The van der Waals surface area contributed by atoms with Crippen LogP contribution in [-0.4, -0.2) is 27.0 Å². The summed E-state index contributed by atoms with van der Waals surface area (Å²) in [5.41, 5.74) is 0.968. The van der Waals surface area contributed by atoms with Crippen molar-refractivity contribution in [3.63, 3.8) is 0 Å². The van der Waals surface area contributed by atoms with E-state index in [1.165, 1.54) is 23.5 Å². The van der Waals surface area contributed by atoms with Crippen molar-refractivity contribution in [2.75, 3.05) is 10.6 Å². The van der Waals surface area contributed by atoms with Crippen LogP contribution in [0.5, 0.6) is 11.5 Å². The van der Waals surface area contributed by atoms with E-state index in [9.17, 15) is 29.9 Å². The number of aryl methyl sites for hydroxylation is 1. The van der Waals surface area contributed by atoms with E-state index in [4.69, 9.17) is 0 Å². The van der Waals surface area contributed by atoms with Crippen molar-refractivity contribution >= 4 is 39.5 Å². The van der Waals surface area contributed by atoms with Crippen molar-refractivity contribution in [2.45, 2.75) is 32.1 Å². The van der Waals surface area contributed by atoms with Crippen molar-refractivity contribution in [3.05, 3.63) is 74.1 Å². The molecule has 0 aliphatic heterocycles. The smallest absolute Gasteiger partial charge is 0.273 e. The molecule has 3 aromatic rings. The minimum atomic E-state index is -0.685. The third kappa shape index (κ3) is 4.65. The van der Waals surface area contributed by atoms with Gasteiger partial charge in [0, 0.05) is 10.9 Å². The Labute approximate surface area is 192 Å². The van der Waals surface area contributed by atoms with E-state index in [2.05, 4.69) is 10.6 Å². The number of thiophene rings is 1. The molecule has 4 N–H and O–H groups in total. The molecule has 0 saturated carbocycles. The fourth-order valence-electron chi connectivity index (χ4n) is 3.83. The number of carbonyl (C=O) groups excluding carboxylic acids is 2. The first-order valence-corrected chi connectivity index (χ1v) is 11.2. The maximum Gasteiger partial charge on any atom is 0.273 e. The number of hydrogen-bond donors (Lipinski definition) is 4. The summed E-state index contributed by atoms with van der Waals surface area (Å²) in [4.78, 5) is 37.4. The first kappa shape index (κ1) is 22.3. The lowest BCUT2D eigenvalue weighted by atomic mass is 10.0. The molecule has 0 atom stereocenters. The molecule has 0 bridgehead atoms. The van der Waals surface area contributed by atoms with Gasteiger partial charge in [-0.05, 0) is 49.4 Å². The highest BCUT2D eigenvalue weighted by Crippen LogP contribution is 2.39. The van der Waals surface area contributed by atoms with Crippen molar-refractivity contribution in [2.24, 2.45) is 0 Å². The van der Waals surface area contributed by atoms with Gasteiger partial charge in [-0.25, -0.2) is 0 Å². The van der Waals surface area contributed by atoms with Gasteiger partial charge in [0.15, 0.2) is 0 Å². The maximum atomic E-state index is 13.2. The number of benzene rings is 2. The van der Waals surface area contributed by atoms with E-state index >= 15 is 0 Å². The van der Waals surface area contributed by atoms with Gasteiger partial charge in [0.1, 0.15) is 16.5 Å². The predicted molar refractivity (Wildman–Crippen MR) is 124 cm³/mol. The summed E-state index contributed by atoms with van der Waals surface area (Å²) in [6.07, 6.45) is 4.41. The van der Waals surface area contributed by atoms with Gasteiger partial charge in [-0.1, -0.05) is 18.6 Å². The van der Waals surface area contributed by atoms with Crippen LogP contribution in [0.25, 0.3) is 0 Å². The second-order valence-corrected chi connectivity index (χ2v) is 8.76. The lowest BCUT2D eigenvalue weighted by Crippen LogP contribution is -2.18. The standard InChI is InChI=1S/C23H21N3O6S/c27-17-8-5-4-7-16(17)24-22(30)20-15-6-2-1-3-9-19(15)33-23(20)25-21(29)14-11-10-13(26(31)32)12-18(14)28/h4-5,7-8,10-12,27-28H,1-3,6,9H2,(H,24,30)(H,25,29). The molecule has 1 aromatic heterocycles. The fraction of sp³-hybridized carbons (Fsp3) is 0.217. The van der Waals surface area contributed by atoms with Crippen LogP contribution in [0.2, 0.25) is 0 Å². The number of amides is 2. The Morgan fingerprint density at radius 1 is 0.939 bits per heavy atom. The Morgan fingerprint density at radius 3 is 2.42 bits per heavy atom. The normalized spacial score (nSPS) is 13.0. The topological polar surface area (TPSA) is 142 Å². The molecule has 0 radical (unpaired) electrons. The van der Waals surface area contributed by atoms with Crippen LogP contribution in [0.4, 0.5) is 16.4 Å². The number of para-hydroxylation sites is 2. The monoisotopic (exact) mass is 467 g/mol. The van der Waals surface area contributed by atoms with E-state index < -0.39 is 22.5 Å². The number of nitrogens with one attached hydrogen (secondary N) is 2. The van der Waals surface area contributed by atoms with E-state index in [0.717, 1.165) is 48.3 Å². The molecule has 1 aliphatic carbocycles. The van der Waals surface area contributed by atoms with Crippen LogP contribution in [0.3, 0.4) is 0 Å². The van der Waals surface area contributed by atoms with Crippen LogP contribution in [0, 0.1) is 10.1 Å². The number of carbonyl (C=O) groups is 2. The van der Waals surface area contributed by atoms with Crippen molar-refractivity contribution < 1.29 is 24.7 Å². The van der Waals surface area contributed by atoms with Crippen LogP contribution >= 0.6 is 11.3 Å². The number of anilines is 2. The zero-order valence-corrected chi connectivity index (χ0v) is 18.3. The van der Waals surface area contributed by atoms with Gasteiger partial charge in [0.05, 0.1) is 27.8 Å². The number of aromatic hydroxyl groups is 2. The first-order chi connectivity index (χ1) is 15.8.